The first-order valence-corrected chi connectivity index (χ1v) is 5.13. The van der Waals surface area contributed by atoms with Crippen molar-refractivity contribution in [2.24, 2.45) is 0 Å². The molecule has 0 aliphatic rings. The molecule has 0 fully saturated rings. The van der Waals surface area contributed by atoms with E-state index in [1.165, 1.54) is 4.90 Å². The van der Waals surface area contributed by atoms with Crippen LogP contribution in [-0.2, 0) is 0 Å². The van der Waals surface area contributed by atoms with Crippen molar-refractivity contribution in [2.75, 3.05) is 26.0 Å². The van der Waals surface area contributed by atoms with Crippen LogP contribution in [0.25, 0.3) is 0 Å². The molecule has 1 atom stereocenters. The Morgan fingerprint density at radius 1 is 1.62 bits per heavy atom. The van der Waals surface area contributed by atoms with Gasteiger partial charge in [0.25, 0.3) is 5.91 Å². The third kappa shape index (κ3) is 3.20. The van der Waals surface area contributed by atoms with Crippen molar-refractivity contribution in [1.29, 1.82) is 0 Å². The maximum atomic E-state index is 11.9. The highest BCUT2D eigenvalue weighted by molar-refractivity contribution is 5.92. The number of aromatic nitrogens is 1. The van der Waals surface area contributed by atoms with E-state index in [1.807, 2.05) is 0 Å². The molecule has 1 aromatic heterocycles. The first-order valence-electron chi connectivity index (χ1n) is 5.13. The molecule has 0 saturated carbocycles. The van der Waals surface area contributed by atoms with Crippen molar-refractivity contribution in [1.82, 2.24) is 9.88 Å². The van der Waals surface area contributed by atoms with Crippen molar-refractivity contribution in [3.05, 3.63) is 23.9 Å². The average Bonchev–Trinajstić information content (AvgIpc) is 2.27. The van der Waals surface area contributed by atoms with Gasteiger partial charge in [-0.2, -0.15) is 0 Å². The number of hydrogen-bond acceptors (Lipinski definition) is 4. The minimum Gasteiger partial charge on any atom is -0.392 e. The molecule has 0 aliphatic carbocycles. The van der Waals surface area contributed by atoms with E-state index in [0.717, 1.165) is 0 Å². The SMILES string of the molecule is CNc1cccc(C(=O)N(C)CC(C)O)n1. The molecule has 16 heavy (non-hydrogen) atoms. The lowest BCUT2D eigenvalue weighted by Gasteiger charge is -2.18. The summed E-state index contributed by atoms with van der Waals surface area (Å²) in [6.07, 6.45) is -0.540. The Bertz CT molecular complexity index is 366. The van der Waals surface area contributed by atoms with Gasteiger partial charge in [-0.1, -0.05) is 6.07 Å². The lowest BCUT2D eigenvalue weighted by atomic mass is 10.3. The summed E-state index contributed by atoms with van der Waals surface area (Å²) in [6, 6.07) is 5.20. The number of hydrogen-bond donors (Lipinski definition) is 2. The van der Waals surface area contributed by atoms with Gasteiger partial charge in [0.05, 0.1) is 6.10 Å². The van der Waals surface area contributed by atoms with Crippen molar-refractivity contribution >= 4 is 11.7 Å². The van der Waals surface area contributed by atoms with Gasteiger partial charge in [-0.25, -0.2) is 4.98 Å². The second kappa shape index (κ2) is 5.46. The minimum atomic E-state index is -0.540. The highest BCUT2D eigenvalue weighted by Crippen LogP contribution is 2.06. The van der Waals surface area contributed by atoms with Crippen molar-refractivity contribution < 1.29 is 9.90 Å². The monoisotopic (exact) mass is 223 g/mol. The van der Waals surface area contributed by atoms with Gasteiger partial charge in [0.1, 0.15) is 11.5 Å². The maximum Gasteiger partial charge on any atom is 0.272 e. The van der Waals surface area contributed by atoms with E-state index in [-0.39, 0.29) is 5.91 Å². The van der Waals surface area contributed by atoms with E-state index in [0.29, 0.717) is 18.1 Å². The maximum absolute atomic E-state index is 11.9. The van der Waals surface area contributed by atoms with Crippen molar-refractivity contribution in [3.8, 4) is 0 Å². The molecule has 5 nitrogen and oxygen atoms in total. The number of nitrogens with zero attached hydrogens (tertiary/aromatic N) is 2. The molecule has 5 heteroatoms. The Morgan fingerprint density at radius 2 is 2.31 bits per heavy atom. The zero-order chi connectivity index (χ0) is 12.1. The van der Waals surface area contributed by atoms with Crippen molar-refractivity contribution in [3.63, 3.8) is 0 Å². The highest BCUT2D eigenvalue weighted by atomic mass is 16.3. The van der Waals surface area contributed by atoms with Gasteiger partial charge in [-0.05, 0) is 19.1 Å². The third-order valence-corrected chi connectivity index (χ3v) is 2.11. The van der Waals surface area contributed by atoms with E-state index in [2.05, 4.69) is 10.3 Å². The number of rotatable bonds is 4. The number of aliphatic hydroxyl groups is 1. The predicted molar refractivity (Wildman–Crippen MR) is 62.4 cm³/mol. The summed E-state index contributed by atoms with van der Waals surface area (Å²) in [4.78, 5) is 17.5. The van der Waals surface area contributed by atoms with E-state index in [4.69, 9.17) is 0 Å². The highest BCUT2D eigenvalue weighted by Gasteiger charge is 2.14. The molecule has 1 unspecified atom stereocenters. The molecule has 1 amide bonds. The van der Waals surface area contributed by atoms with Crippen LogP contribution in [0.1, 0.15) is 17.4 Å². The number of pyridine rings is 1. The smallest absolute Gasteiger partial charge is 0.272 e. The molecule has 0 spiro atoms. The summed E-state index contributed by atoms with van der Waals surface area (Å²) in [6.45, 7) is 1.94. The average molecular weight is 223 g/mol. The van der Waals surface area contributed by atoms with E-state index in [9.17, 15) is 9.90 Å². The number of carbonyl (C=O) groups excluding carboxylic acids is 1. The molecule has 0 saturated heterocycles. The van der Waals surface area contributed by atoms with Crippen LogP contribution in [0.3, 0.4) is 0 Å². The zero-order valence-corrected chi connectivity index (χ0v) is 9.77. The second-order valence-electron chi connectivity index (χ2n) is 3.69. The minimum absolute atomic E-state index is 0.196. The first kappa shape index (κ1) is 12.4. The normalized spacial score (nSPS) is 12.0. The standard InChI is InChI=1S/C11H17N3O2/c1-8(15)7-14(3)11(16)9-5-4-6-10(12-2)13-9/h4-6,8,15H,7H2,1-3H3,(H,12,13). The molecule has 0 bridgehead atoms. The number of anilines is 1. The number of amides is 1. The zero-order valence-electron chi connectivity index (χ0n) is 9.77. The van der Waals surface area contributed by atoms with Crippen LogP contribution < -0.4 is 5.32 Å². The summed E-state index contributed by atoms with van der Waals surface area (Å²) in [5.74, 6) is 0.453. The number of nitrogens with one attached hydrogen (secondary N) is 1. The number of carbonyl (C=O) groups is 1. The molecule has 0 radical (unpaired) electrons. The van der Waals surface area contributed by atoms with Crippen LogP contribution >= 0.6 is 0 Å². The number of likely N-dealkylation sites (N-methyl/N-ethyl adjacent to an activating group) is 1. The lowest BCUT2D eigenvalue weighted by Crippen LogP contribution is -2.33. The predicted octanol–water partition coefficient (Wildman–Crippen LogP) is 0.576. The lowest BCUT2D eigenvalue weighted by molar-refractivity contribution is 0.0698. The molecule has 1 heterocycles. The molecule has 1 rings (SSSR count). The molecule has 1 aromatic rings. The van der Waals surface area contributed by atoms with E-state index < -0.39 is 6.10 Å². The molecular weight excluding hydrogens is 206 g/mol. The Labute approximate surface area is 95.1 Å². The van der Waals surface area contributed by atoms with Gasteiger partial charge in [0, 0.05) is 20.6 Å². The van der Waals surface area contributed by atoms with Gasteiger partial charge < -0.3 is 15.3 Å². The molecule has 2 N–H and O–H groups in total. The van der Waals surface area contributed by atoms with Gasteiger partial charge in [-0.3, -0.25) is 4.79 Å². The largest absolute Gasteiger partial charge is 0.392 e. The molecule has 0 aliphatic heterocycles. The fraction of sp³-hybridized carbons (Fsp3) is 0.455. The van der Waals surface area contributed by atoms with Crippen LogP contribution in [0.4, 0.5) is 5.82 Å². The van der Waals surface area contributed by atoms with Crippen LogP contribution in [0.5, 0.6) is 0 Å². The van der Waals surface area contributed by atoms with Crippen LogP contribution in [0, 0.1) is 0 Å². The fourth-order valence-corrected chi connectivity index (χ4v) is 1.37. The Morgan fingerprint density at radius 3 is 2.88 bits per heavy atom. The Balaban J connectivity index is 2.79. The first-order chi connectivity index (χ1) is 7.54. The van der Waals surface area contributed by atoms with Gasteiger partial charge in [-0.15, -0.1) is 0 Å². The molecular formula is C11H17N3O2. The Hall–Kier alpha value is -1.62. The van der Waals surface area contributed by atoms with E-state index in [1.54, 1.807) is 39.2 Å². The second-order valence-corrected chi connectivity index (χ2v) is 3.69. The number of aliphatic hydroxyl groups excluding tert-OH is 1. The summed E-state index contributed by atoms with van der Waals surface area (Å²) in [7, 11) is 3.39. The van der Waals surface area contributed by atoms with Gasteiger partial charge in [0.2, 0.25) is 0 Å². The fourth-order valence-electron chi connectivity index (χ4n) is 1.37. The van der Waals surface area contributed by atoms with Gasteiger partial charge in [0.15, 0.2) is 0 Å². The molecule has 0 aromatic carbocycles. The third-order valence-electron chi connectivity index (χ3n) is 2.11. The van der Waals surface area contributed by atoms with E-state index >= 15 is 0 Å². The van der Waals surface area contributed by atoms with Crippen LogP contribution in [0.2, 0.25) is 0 Å². The molecule has 88 valence electrons. The van der Waals surface area contributed by atoms with Crippen LogP contribution in [0.15, 0.2) is 18.2 Å². The Kier molecular flexibility index (Phi) is 4.25. The summed E-state index contributed by atoms with van der Waals surface area (Å²) >= 11 is 0. The summed E-state index contributed by atoms with van der Waals surface area (Å²) in [5, 5.41) is 12.1. The topological polar surface area (TPSA) is 65.5 Å². The van der Waals surface area contributed by atoms with Crippen LogP contribution in [-0.4, -0.2) is 47.6 Å². The van der Waals surface area contributed by atoms with Gasteiger partial charge >= 0.3 is 0 Å². The van der Waals surface area contributed by atoms with Crippen molar-refractivity contribution in [2.45, 2.75) is 13.0 Å². The quantitative estimate of drug-likeness (QED) is 0.783. The summed E-state index contributed by atoms with van der Waals surface area (Å²) < 4.78 is 0. The summed E-state index contributed by atoms with van der Waals surface area (Å²) in [5.41, 5.74) is 0.370.